The van der Waals surface area contributed by atoms with Crippen LogP contribution in [-0.4, -0.2) is 35.9 Å². The van der Waals surface area contributed by atoms with Gasteiger partial charge in [0.2, 0.25) is 5.91 Å². The van der Waals surface area contributed by atoms with Gasteiger partial charge in [0.15, 0.2) is 9.84 Å². The Hall–Kier alpha value is -0.840. The summed E-state index contributed by atoms with van der Waals surface area (Å²) in [7, 11) is -3.24. The minimum absolute atomic E-state index is 0.100. The zero-order valence-corrected chi connectivity index (χ0v) is 12.5. The molecule has 3 rings (SSSR count). The summed E-state index contributed by atoms with van der Waals surface area (Å²) in [6.07, 6.45) is 5.70. The lowest BCUT2D eigenvalue weighted by Crippen LogP contribution is -2.50. The van der Waals surface area contributed by atoms with Crippen molar-refractivity contribution >= 4 is 15.7 Å². The van der Waals surface area contributed by atoms with Crippen LogP contribution in [0.4, 0.5) is 0 Å². The second-order valence-electron chi connectivity index (χ2n) is 6.65. The fourth-order valence-electron chi connectivity index (χ4n) is 4.87. The van der Waals surface area contributed by atoms with E-state index in [1.54, 1.807) is 17.9 Å². The largest absolute Gasteiger partial charge is 0.320 e. The molecule has 3 fully saturated rings. The molecule has 2 saturated carbocycles. The Kier molecular flexibility index (Phi) is 2.51. The van der Waals surface area contributed by atoms with Crippen LogP contribution in [0, 0.1) is 11.3 Å². The zero-order valence-electron chi connectivity index (χ0n) is 11.7. The Morgan fingerprint density at radius 1 is 1.37 bits per heavy atom. The summed E-state index contributed by atoms with van der Waals surface area (Å²) in [5.74, 6) is 0.168. The van der Waals surface area contributed by atoms with E-state index in [1.807, 2.05) is 0 Å². The molecule has 2 bridgehead atoms. The topological polar surface area (TPSA) is 54.5 Å². The fraction of sp³-hybridized carbons (Fsp3) is 0.786. The monoisotopic (exact) mass is 283 g/mol. The molecular weight excluding hydrogens is 262 g/mol. The summed E-state index contributed by atoms with van der Waals surface area (Å²) in [6, 6.07) is -0.116. The molecule has 106 valence electrons. The lowest BCUT2D eigenvalue weighted by Gasteiger charge is -2.36. The van der Waals surface area contributed by atoms with Gasteiger partial charge in [0.25, 0.3) is 0 Å². The molecule has 19 heavy (non-hydrogen) atoms. The first-order valence-electron chi connectivity index (χ1n) is 6.93. The normalized spacial score (nSPS) is 41.9. The third kappa shape index (κ3) is 1.30. The van der Waals surface area contributed by atoms with Gasteiger partial charge in [0.05, 0.1) is 10.8 Å². The number of allylic oxidation sites excluding steroid dienone is 1. The van der Waals surface area contributed by atoms with Crippen molar-refractivity contribution < 1.29 is 13.2 Å². The number of carbonyl (C=O) groups excluding carboxylic acids is 1. The van der Waals surface area contributed by atoms with Crippen LogP contribution >= 0.6 is 0 Å². The highest BCUT2D eigenvalue weighted by molar-refractivity contribution is 7.93. The van der Waals surface area contributed by atoms with E-state index < -0.39 is 14.6 Å². The highest BCUT2D eigenvalue weighted by Crippen LogP contribution is 2.67. The first kappa shape index (κ1) is 13.2. The first-order valence-corrected chi connectivity index (χ1v) is 8.59. The molecule has 3 atom stereocenters. The van der Waals surface area contributed by atoms with Crippen molar-refractivity contribution in [1.29, 1.82) is 0 Å². The molecule has 1 aliphatic heterocycles. The number of amides is 1. The van der Waals surface area contributed by atoms with Crippen LogP contribution in [0.1, 0.15) is 40.0 Å². The molecule has 1 heterocycles. The van der Waals surface area contributed by atoms with Crippen molar-refractivity contribution in [3.63, 3.8) is 0 Å². The van der Waals surface area contributed by atoms with Crippen molar-refractivity contribution in [3.8, 4) is 0 Å². The lowest BCUT2D eigenvalue weighted by molar-refractivity contribution is -0.127. The Bertz CT molecular complexity index is 563. The quantitative estimate of drug-likeness (QED) is 0.689. The number of carbonyl (C=O) groups is 1. The van der Waals surface area contributed by atoms with Gasteiger partial charge >= 0.3 is 0 Å². The SMILES string of the molecule is C/C=C/C(=O)N1CS(=O)(=O)[C@@]23CC[C@@H](C[C@H]12)C3(C)C. The average molecular weight is 283 g/mol. The minimum Gasteiger partial charge on any atom is -0.320 e. The molecule has 2 aliphatic carbocycles. The van der Waals surface area contributed by atoms with E-state index >= 15 is 0 Å². The Labute approximate surface area is 114 Å². The van der Waals surface area contributed by atoms with Crippen LogP contribution in [0.15, 0.2) is 12.2 Å². The first-order chi connectivity index (χ1) is 8.78. The van der Waals surface area contributed by atoms with E-state index in [1.165, 1.54) is 6.08 Å². The van der Waals surface area contributed by atoms with Gasteiger partial charge in [0.1, 0.15) is 5.88 Å². The average Bonchev–Trinajstić information content (AvgIpc) is 2.82. The Balaban J connectivity index is 2.11. The summed E-state index contributed by atoms with van der Waals surface area (Å²) in [6.45, 7) is 5.93. The molecule has 0 aromatic heterocycles. The van der Waals surface area contributed by atoms with Crippen molar-refractivity contribution in [2.24, 2.45) is 11.3 Å². The van der Waals surface area contributed by atoms with Gasteiger partial charge in [-0.2, -0.15) is 0 Å². The van der Waals surface area contributed by atoms with Crippen LogP contribution in [0.3, 0.4) is 0 Å². The van der Waals surface area contributed by atoms with Crippen LogP contribution in [-0.2, 0) is 14.6 Å². The standard InChI is InChI=1S/C14H21NO3S/c1-4-5-12(16)15-9-19(17,18)14-7-6-10(8-11(14)15)13(14,2)3/h4-5,10-11H,6-9H2,1-3H3/b5-4+/t10-,11-,14-/m0/s1. The number of nitrogens with zero attached hydrogens (tertiary/aromatic N) is 1. The lowest BCUT2D eigenvalue weighted by atomic mass is 9.80. The number of fused-ring (bicyclic) bond motifs is 1. The number of hydrogen-bond acceptors (Lipinski definition) is 3. The predicted octanol–water partition coefficient (Wildman–Crippen LogP) is 1.72. The Morgan fingerprint density at radius 3 is 2.63 bits per heavy atom. The maximum atomic E-state index is 12.7. The number of rotatable bonds is 1. The van der Waals surface area contributed by atoms with Gasteiger partial charge in [-0.3, -0.25) is 4.79 Å². The second kappa shape index (κ2) is 3.62. The highest BCUT2D eigenvalue weighted by Gasteiger charge is 2.75. The van der Waals surface area contributed by atoms with Gasteiger partial charge in [0, 0.05) is 0 Å². The third-order valence-electron chi connectivity index (χ3n) is 5.85. The summed E-state index contributed by atoms with van der Waals surface area (Å²) < 4.78 is 24.8. The number of sulfone groups is 1. The van der Waals surface area contributed by atoms with Crippen LogP contribution in [0.2, 0.25) is 0 Å². The Morgan fingerprint density at radius 2 is 2.05 bits per heavy atom. The molecule has 4 nitrogen and oxygen atoms in total. The van der Waals surface area contributed by atoms with E-state index in [0.29, 0.717) is 5.92 Å². The maximum absolute atomic E-state index is 12.7. The van der Waals surface area contributed by atoms with Crippen molar-refractivity contribution in [2.45, 2.75) is 50.8 Å². The van der Waals surface area contributed by atoms with E-state index in [0.717, 1.165) is 19.3 Å². The van der Waals surface area contributed by atoms with E-state index in [9.17, 15) is 13.2 Å². The molecule has 1 saturated heterocycles. The molecule has 3 aliphatic rings. The summed E-state index contributed by atoms with van der Waals surface area (Å²) in [4.78, 5) is 13.7. The van der Waals surface area contributed by atoms with Gasteiger partial charge < -0.3 is 4.90 Å². The second-order valence-corrected chi connectivity index (χ2v) is 8.87. The van der Waals surface area contributed by atoms with E-state index in [-0.39, 0.29) is 23.2 Å². The zero-order chi connectivity index (χ0) is 14.1. The van der Waals surface area contributed by atoms with Crippen molar-refractivity contribution in [3.05, 3.63) is 12.2 Å². The molecule has 0 aromatic carbocycles. The summed E-state index contributed by atoms with van der Waals surface area (Å²) in [5.41, 5.74) is -0.207. The van der Waals surface area contributed by atoms with Gasteiger partial charge in [-0.1, -0.05) is 19.9 Å². The van der Waals surface area contributed by atoms with Gasteiger partial charge in [-0.15, -0.1) is 0 Å². The molecule has 5 heteroatoms. The number of hydrogen-bond donors (Lipinski definition) is 0. The van der Waals surface area contributed by atoms with Crippen LogP contribution in [0.25, 0.3) is 0 Å². The highest BCUT2D eigenvalue weighted by atomic mass is 32.2. The van der Waals surface area contributed by atoms with E-state index in [2.05, 4.69) is 13.8 Å². The molecule has 0 unspecified atom stereocenters. The van der Waals surface area contributed by atoms with Crippen molar-refractivity contribution in [2.75, 3.05) is 5.88 Å². The molecule has 0 N–H and O–H groups in total. The van der Waals surface area contributed by atoms with Crippen LogP contribution < -0.4 is 0 Å². The van der Waals surface area contributed by atoms with Gasteiger partial charge in [-0.25, -0.2) is 8.42 Å². The molecule has 1 spiro atoms. The smallest absolute Gasteiger partial charge is 0.247 e. The summed E-state index contributed by atoms with van der Waals surface area (Å²) >= 11 is 0. The van der Waals surface area contributed by atoms with Crippen molar-refractivity contribution in [1.82, 2.24) is 4.90 Å². The minimum atomic E-state index is -3.24. The van der Waals surface area contributed by atoms with Gasteiger partial charge in [-0.05, 0) is 43.6 Å². The molecule has 1 amide bonds. The molecule has 0 aromatic rings. The predicted molar refractivity (Wildman–Crippen MR) is 73.1 cm³/mol. The summed E-state index contributed by atoms with van der Waals surface area (Å²) in [5, 5.41) is 0. The molecular formula is C14H21NO3S. The van der Waals surface area contributed by atoms with E-state index in [4.69, 9.17) is 0 Å². The fourth-order valence-corrected chi connectivity index (χ4v) is 7.81. The third-order valence-corrected chi connectivity index (χ3v) is 8.58. The maximum Gasteiger partial charge on any atom is 0.247 e. The van der Waals surface area contributed by atoms with Crippen LogP contribution in [0.5, 0.6) is 0 Å². The molecule has 0 radical (unpaired) electrons.